The number of primary amides is 1. The van der Waals surface area contributed by atoms with Gasteiger partial charge in [-0.3, -0.25) is 24.0 Å². The number of hydrogen-bond donors (Lipinski definition) is 6. The Labute approximate surface area is 157 Å². The highest BCUT2D eigenvalue weighted by Crippen LogP contribution is 2.09. The number of aliphatic carboxylic acids is 1. The van der Waals surface area contributed by atoms with Crippen LogP contribution in [0, 0.1) is 5.92 Å². The average molecular weight is 387 g/mol. The van der Waals surface area contributed by atoms with Crippen molar-refractivity contribution in [3.05, 3.63) is 0 Å². The highest BCUT2D eigenvalue weighted by atomic mass is 16.4. The summed E-state index contributed by atoms with van der Waals surface area (Å²) in [5.74, 6) is -4.13. The lowest BCUT2D eigenvalue weighted by atomic mass is 9.97. The first-order chi connectivity index (χ1) is 12.5. The third kappa shape index (κ3) is 9.54. The average Bonchev–Trinajstić information content (AvgIpc) is 2.59. The van der Waals surface area contributed by atoms with Crippen molar-refractivity contribution < 1.29 is 29.1 Å². The van der Waals surface area contributed by atoms with E-state index < -0.39 is 54.3 Å². The summed E-state index contributed by atoms with van der Waals surface area (Å²) < 4.78 is 0. The number of carboxylic acid groups (broad SMARTS) is 1. The molecule has 4 amide bonds. The number of carbonyl (C=O) groups excluding carboxylic acids is 4. The largest absolute Gasteiger partial charge is 0.480 e. The zero-order valence-corrected chi connectivity index (χ0v) is 15.8. The number of amides is 4. The topological polar surface area (TPSA) is 194 Å². The molecule has 0 fully saturated rings. The molecule has 0 saturated carbocycles. The van der Waals surface area contributed by atoms with Crippen molar-refractivity contribution >= 4 is 29.6 Å². The minimum atomic E-state index is -1.26. The quantitative estimate of drug-likeness (QED) is 0.219. The van der Waals surface area contributed by atoms with Crippen molar-refractivity contribution in [1.82, 2.24) is 16.0 Å². The zero-order chi connectivity index (χ0) is 21.1. The molecule has 4 unspecified atom stereocenters. The fourth-order valence-electron chi connectivity index (χ4n) is 2.09. The molecule has 0 radical (unpaired) electrons. The van der Waals surface area contributed by atoms with E-state index in [-0.39, 0.29) is 18.8 Å². The fraction of sp³-hybridized carbons (Fsp3) is 0.688. The van der Waals surface area contributed by atoms with Crippen molar-refractivity contribution in [1.29, 1.82) is 0 Å². The summed E-state index contributed by atoms with van der Waals surface area (Å²) in [6, 6.07) is -2.95. The Morgan fingerprint density at radius 1 is 1.00 bits per heavy atom. The van der Waals surface area contributed by atoms with Gasteiger partial charge >= 0.3 is 5.97 Å². The molecule has 4 atom stereocenters. The maximum absolute atomic E-state index is 12.6. The zero-order valence-electron chi connectivity index (χ0n) is 15.8. The summed E-state index contributed by atoms with van der Waals surface area (Å²) in [5, 5.41) is 15.8. The third-order valence-corrected chi connectivity index (χ3v) is 3.93. The Kier molecular flexibility index (Phi) is 10.7. The van der Waals surface area contributed by atoms with Gasteiger partial charge in [0.25, 0.3) is 0 Å². The van der Waals surface area contributed by atoms with Gasteiger partial charge in [-0.05, 0) is 19.3 Å². The van der Waals surface area contributed by atoms with Crippen LogP contribution in [0.3, 0.4) is 0 Å². The molecule has 0 bridgehead atoms. The number of nitrogens with two attached hydrogens (primary N) is 2. The molecule has 0 rings (SSSR count). The molecule has 0 aliphatic rings. The van der Waals surface area contributed by atoms with E-state index in [0.717, 1.165) is 0 Å². The first-order valence-electron chi connectivity index (χ1n) is 8.63. The minimum absolute atomic E-state index is 0.110. The second-order valence-electron chi connectivity index (χ2n) is 6.34. The minimum Gasteiger partial charge on any atom is -0.480 e. The van der Waals surface area contributed by atoms with Crippen LogP contribution in [0.25, 0.3) is 0 Å². The number of hydrogen-bond acceptors (Lipinski definition) is 6. The number of rotatable bonds is 12. The summed E-state index contributed by atoms with van der Waals surface area (Å²) in [7, 11) is 0. The highest BCUT2D eigenvalue weighted by molar-refractivity contribution is 5.94. The molecular weight excluding hydrogens is 358 g/mol. The van der Waals surface area contributed by atoms with Crippen LogP contribution in [-0.4, -0.2) is 59.4 Å². The molecule has 154 valence electrons. The predicted octanol–water partition coefficient (Wildman–Crippen LogP) is -2.18. The van der Waals surface area contributed by atoms with E-state index in [1.165, 1.54) is 6.92 Å². The summed E-state index contributed by atoms with van der Waals surface area (Å²) in [6.07, 6.45) is 0.265. The molecule has 11 nitrogen and oxygen atoms in total. The van der Waals surface area contributed by atoms with E-state index in [1.807, 2.05) is 6.92 Å². The van der Waals surface area contributed by atoms with Crippen LogP contribution < -0.4 is 27.4 Å². The van der Waals surface area contributed by atoms with Gasteiger partial charge in [0, 0.05) is 6.42 Å². The second-order valence-corrected chi connectivity index (χ2v) is 6.34. The van der Waals surface area contributed by atoms with Crippen LogP contribution in [0.2, 0.25) is 0 Å². The van der Waals surface area contributed by atoms with E-state index in [9.17, 15) is 24.0 Å². The van der Waals surface area contributed by atoms with Gasteiger partial charge in [0.1, 0.15) is 18.6 Å². The molecule has 0 saturated heterocycles. The molecule has 8 N–H and O–H groups in total. The van der Waals surface area contributed by atoms with Crippen LogP contribution >= 0.6 is 0 Å². The van der Waals surface area contributed by atoms with Crippen LogP contribution in [0.15, 0.2) is 0 Å². The van der Waals surface area contributed by atoms with Crippen molar-refractivity contribution in [3.63, 3.8) is 0 Å². The SMILES string of the molecule is CCC(C)C(NC(=O)C(C)N)C(=O)NC(CCC(N)=O)C(=O)NCC(=O)O. The van der Waals surface area contributed by atoms with Crippen molar-refractivity contribution in [2.75, 3.05) is 6.54 Å². The number of carboxylic acids is 1. The van der Waals surface area contributed by atoms with E-state index in [2.05, 4.69) is 16.0 Å². The Morgan fingerprint density at radius 3 is 2.04 bits per heavy atom. The highest BCUT2D eigenvalue weighted by Gasteiger charge is 2.30. The fourth-order valence-corrected chi connectivity index (χ4v) is 2.09. The van der Waals surface area contributed by atoms with Gasteiger partial charge < -0.3 is 32.5 Å². The maximum Gasteiger partial charge on any atom is 0.322 e. The Hall–Kier alpha value is -2.69. The summed E-state index contributed by atoms with van der Waals surface area (Å²) in [4.78, 5) is 58.2. The predicted molar refractivity (Wildman–Crippen MR) is 96.0 cm³/mol. The lowest BCUT2D eigenvalue weighted by molar-refractivity contribution is -0.139. The van der Waals surface area contributed by atoms with E-state index >= 15 is 0 Å². The Balaban J connectivity index is 5.25. The van der Waals surface area contributed by atoms with Crippen molar-refractivity contribution in [2.45, 2.75) is 58.2 Å². The molecule has 0 aromatic heterocycles. The van der Waals surface area contributed by atoms with Crippen molar-refractivity contribution in [3.8, 4) is 0 Å². The van der Waals surface area contributed by atoms with E-state index in [4.69, 9.17) is 16.6 Å². The Morgan fingerprint density at radius 2 is 1.59 bits per heavy atom. The standard InChI is InChI=1S/C16H29N5O6/c1-4-8(2)13(21-14(25)9(3)17)16(27)20-10(5-6-11(18)22)15(26)19-7-12(23)24/h8-10,13H,4-7,17H2,1-3H3,(H2,18,22)(H,19,26)(H,20,27)(H,21,25)(H,23,24). The van der Waals surface area contributed by atoms with Gasteiger partial charge in [-0.2, -0.15) is 0 Å². The summed E-state index contributed by atoms with van der Waals surface area (Å²) >= 11 is 0. The molecule has 0 aliphatic carbocycles. The normalized spacial score (nSPS) is 15.0. The molecule has 0 aromatic rings. The molecule has 27 heavy (non-hydrogen) atoms. The smallest absolute Gasteiger partial charge is 0.322 e. The summed E-state index contributed by atoms with van der Waals surface area (Å²) in [6.45, 7) is 4.40. The number of carbonyl (C=O) groups is 5. The van der Waals surface area contributed by atoms with Crippen LogP contribution in [0.1, 0.15) is 40.0 Å². The van der Waals surface area contributed by atoms with Gasteiger partial charge in [0.2, 0.25) is 23.6 Å². The molecular formula is C16H29N5O6. The van der Waals surface area contributed by atoms with Gasteiger partial charge in [-0.25, -0.2) is 0 Å². The lowest BCUT2D eigenvalue weighted by Gasteiger charge is -2.26. The van der Waals surface area contributed by atoms with E-state index in [0.29, 0.717) is 6.42 Å². The molecule has 0 spiro atoms. The molecule has 11 heteroatoms. The molecule has 0 aliphatic heterocycles. The van der Waals surface area contributed by atoms with Gasteiger partial charge in [0.15, 0.2) is 0 Å². The lowest BCUT2D eigenvalue weighted by Crippen LogP contribution is -2.57. The van der Waals surface area contributed by atoms with Gasteiger partial charge in [0.05, 0.1) is 6.04 Å². The van der Waals surface area contributed by atoms with E-state index in [1.54, 1.807) is 6.92 Å². The summed E-state index contributed by atoms with van der Waals surface area (Å²) in [5.41, 5.74) is 10.6. The van der Waals surface area contributed by atoms with Crippen LogP contribution in [0.5, 0.6) is 0 Å². The number of nitrogens with one attached hydrogen (secondary N) is 3. The maximum atomic E-state index is 12.6. The first-order valence-corrected chi connectivity index (χ1v) is 8.63. The monoisotopic (exact) mass is 387 g/mol. The molecule has 0 aromatic carbocycles. The van der Waals surface area contributed by atoms with Gasteiger partial charge in [-0.15, -0.1) is 0 Å². The van der Waals surface area contributed by atoms with Gasteiger partial charge in [-0.1, -0.05) is 20.3 Å². The second kappa shape index (κ2) is 11.8. The molecule has 0 heterocycles. The van der Waals surface area contributed by atoms with Crippen LogP contribution in [0.4, 0.5) is 0 Å². The first kappa shape index (κ1) is 24.3. The van der Waals surface area contributed by atoms with Crippen LogP contribution in [-0.2, 0) is 24.0 Å². The Bertz CT molecular complexity index is 566. The van der Waals surface area contributed by atoms with Crippen molar-refractivity contribution in [2.24, 2.45) is 17.4 Å². The third-order valence-electron chi connectivity index (χ3n) is 3.93.